The summed E-state index contributed by atoms with van der Waals surface area (Å²) in [5.74, 6) is -5.65. The number of carbonyl (C=O) groups excluding carboxylic acids is 4. The van der Waals surface area contributed by atoms with E-state index in [1.807, 2.05) is 0 Å². The fourth-order valence-corrected chi connectivity index (χ4v) is 8.04. The molecule has 16 heteroatoms. The number of hydrazone groups is 2. The van der Waals surface area contributed by atoms with Gasteiger partial charge in [0.25, 0.3) is 11.8 Å². The van der Waals surface area contributed by atoms with Crippen LogP contribution in [0.1, 0.15) is 106 Å². The highest BCUT2D eigenvalue weighted by molar-refractivity contribution is 6.15. The summed E-state index contributed by atoms with van der Waals surface area (Å²) in [6, 6.07) is 20.3. The first-order valence-electron chi connectivity index (χ1n) is 21.2. The molecule has 0 aliphatic heterocycles. The molecule has 6 aromatic rings. The molecule has 0 fully saturated rings. The van der Waals surface area contributed by atoms with Crippen LogP contribution in [0.15, 0.2) is 83.0 Å². The lowest BCUT2D eigenvalue weighted by Crippen LogP contribution is -2.29. The molecule has 0 atom stereocenters. The number of nitrogens with zero attached hydrogens (tertiary/aromatic N) is 2. The second-order valence-electron chi connectivity index (χ2n) is 16.4. The van der Waals surface area contributed by atoms with E-state index in [9.17, 15) is 49.8 Å². The molecule has 342 valence electrons. The molecule has 0 aliphatic carbocycles. The van der Waals surface area contributed by atoms with Crippen molar-refractivity contribution < 1.29 is 49.8 Å². The Labute approximate surface area is 380 Å². The van der Waals surface area contributed by atoms with Gasteiger partial charge in [-0.1, -0.05) is 76.2 Å². The summed E-state index contributed by atoms with van der Waals surface area (Å²) in [4.78, 5) is 50.3. The van der Waals surface area contributed by atoms with E-state index >= 15 is 0 Å². The Kier molecular flexibility index (Phi) is 14.4. The van der Waals surface area contributed by atoms with Crippen molar-refractivity contribution in [3.8, 4) is 45.6 Å². The molecule has 0 saturated heterocycles. The standard InChI is InChI=1S/C50H52N6O10/c1-25(2)37-31-21-27(5)39(45(61)41(31)33(43(59)47(37)63)23-53-55-35(57)17-19-51-49(65)29-13-9-7-10-14-29)40-28(6)22-32-38(26(3)4)48(64)44(60)34(42(32)46(40)62)24-54-56-36(58)18-20-52-50(66)30-15-11-8-12-16-30/h7-16,21-26,59-64H,17-20H2,1-6H3,(H,51,65)(H,52,66)(H,55,57)(H,56,58)/b53-23+,54-24+. The number of hydrogen-bond acceptors (Lipinski definition) is 12. The van der Waals surface area contributed by atoms with Crippen LogP contribution in [0.4, 0.5) is 0 Å². The molecule has 0 aliphatic rings. The minimum absolute atomic E-state index is 0.000118. The molecule has 6 aromatic carbocycles. The maximum atomic E-state index is 12.7. The largest absolute Gasteiger partial charge is 0.507 e. The van der Waals surface area contributed by atoms with Gasteiger partial charge in [0.1, 0.15) is 11.5 Å². The van der Waals surface area contributed by atoms with Crippen LogP contribution in [0, 0.1) is 13.8 Å². The van der Waals surface area contributed by atoms with Gasteiger partial charge in [0.2, 0.25) is 11.8 Å². The van der Waals surface area contributed by atoms with Crippen LogP contribution in [-0.4, -0.2) is 79.8 Å². The number of hydrogen-bond donors (Lipinski definition) is 10. The predicted octanol–water partition coefficient (Wildman–Crippen LogP) is 7.30. The van der Waals surface area contributed by atoms with Crippen molar-refractivity contribution in [2.45, 2.75) is 66.2 Å². The van der Waals surface area contributed by atoms with Gasteiger partial charge in [0, 0.05) is 70.1 Å². The Morgan fingerprint density at radius 1 is 0.530 bits per heavy atom. The number of nitrogens with one attached hydrogen (secondary N) is 4. The fourth-order valence-electron chi connectivity index (χ4n) is 8.04. The summed E-state index contributed by atoms with van der Waals surface area (Å²) < 4.78 is 0. The molecule has 0 radical (unpaired) electrons. The van der Waals surface area contributed by atoms with Gasteiger partial charge in [-0.3, -0.25) is 19.2 Å². The van der Waals surface area contributed by atoms with Crippen LogP contribution in [-0.2, 0) is 9.59 Å². The molecule has 0 aromatic heterocycles. The lowest BCUT2D eigenvalue weighted by molar-refractivity contribution is -0.121. The smallest absolute Gasteiger partial charge is 0.251 e. The molecule has 0 bridgehead atoms. The zero-order chi connectivity index (χ0) is 48.0. The van der Waals surface area contributed by atoms with E-state index in [1.165, 1.54) is 0 Å². The fraction of sp³-hybridized carbons (Fsp3) is 0.240. The highest BCUT2D eigenvalue weighted by atomic mass is 16.3. The molecule has 0 saturated carbocycles. The number of aromatic hydroxyl groups is 6. The first-order chi connectivity index (χ1) is 31.4. The van der Waals surface area contributed by atoms with Crippen LogP contribution in [0.5, 0.6) is 34.5 Å². The molecule has 66 heavy (non-hydrogen) atoms. The van der Waals surface area contributed by atoms with Gasteiger partial charge < -0.3 is 41.3 Å². The maximum Gasteiger partial charge on any atom is 0.251 e. The second-order valence-corrected chi connectivity index (χ2v) is 16.4. The Morgan fingerprint density at radius 2 is 0.879 bits per heavy atom. The maximum absolute atomic E-state index is 12.7. The van der Waals surface area contributed by atoms with E-state index in [-0.39, 0.29) is 82.6 Å². The molecule has 6 rings (SSSR count). The summed E-state index contributed by atoms with van der Waals surface area (Å²) >= 11 is 0. The van der Waals surface area contributed by atoms with E-state index < -0.39 is 46.3 Å². The molecular formula is C50H52N6O10. The van der Waals surface area contributed by atoms with Crippen LogP contribution in [0.25, 0.3) is 32.7 Å². The number of benzene rings is 6. The summed E-state index contributed by atoms with van der Waals surface area (Å²) in [6.45, 7) is 10.5. The monoisotopic (exact) mass is 896 g/mol. The molecule has 16 nitrogen and oxygen atoms in total. The van der Waals surface area contributed by atoms with Crippen molar-refractivity contribution in [1.29, 1.82) is 0 Å². The Bertz CT molecular complexity index is 2730. The topological polar surface area (TPSA) is 262 Å². The van der Waals surface area contributed by atoms with Crippen LogP contribution in [0.3, 0.4) is 0 Å². The third-order valence-corrected chi connectivity index (χ3v) is 11.1. The van der Waals surface area contributed by atoms with E-state index in [0.29, 0.717) is 44.2 Å². The SMILES string of the molecule is Cc1cc2c(C(C)C)c(O)c(O)c(/C=N/NC(=O)CCNC(=O)c3ccccc3)c2c(O)c1-c1c(C)cc2c(C(C)C)c(O)c(O)c(/C=N/NC(=O)CCNC(=O)c3ccccc3)c2c1O. The van der Waals surface area contributed by atoms with Gasteiger partial charge in [-0.05, 0) is 71.8 Å². The van der Waals surface area contributed by atoms with Crippen LogP contribution >= 0.6 is 0 Å². The van der Waals surface area contributed by atoms with Gasteiger partial charge in [0.15, 0.2) is 23.0 Å². The highest BCUT2D eigenvalue weighted by Crippen LogP contribution is 2.54. The van der Waals surface area contributed by atoms with Crippen LogP contribution < -0.4 is 21.5 Å². The number of aryl methyl sites for hydroxylation is 2. The third kappa shape index (κ3) is 9.67. The van der Waals surface area contributed by atoms with Crippen molar-refractivity contribution in [1.82, 2.24) is 21.5 Å². The van der Waals surface area contributed by atoms with Crippen molar-refractivity contribution in [3.63, 3.8) is 0 Å². The van der Waals surface area contributed by atoms with Gasteiger partial charge in [-0.25, -0.2) is 10.9 Å². The zero-order valence-corrected chi connectivity index (χ0v) is 37.3. The normalized spacial score (nSPS) is 11.6. The Balaban J connectivity index is 1.39. The summed E-state index contributed by atoms with van der Waals surface area (Å²) in [5, 5.41) is 84.3. The molecule has 4 amide bonds. The van der Waals surface area contributed by atoms with E-state index in [0.717, 1.165) is 12.4 Å². The van der Waals surface area contributed by atoms with Crippen molar-refractivity contribution >= 4 is 57.6 Å². The Hall–Kier alpha value is -8.14. The van der Waals surface area contributed by atoms with E-state index in [1.54, 1.807) is 114 Å². The van der Waals surface area contributed by atoms with Gasteiger partial charge in [0.05, 0.1) is 23.6 Å². The minimum Gasteiger partial charge on any atom is -0.507 e. The van der Waals surface area contributed by atoms with Gasteiger partial charge >= 0.3 is 0 Å². The van der Waals surface area contributed by atoms with E-state index in [4.69, 9.17) is 0 Å². The minimum atomic E-state index is -0.634. The zero-order valence-electron chi connectivity index (χ0n) is 37.3. The predicted molar refractivity (Wildman–Crippen MR) is 253 cm³/mol. The summed E-state index contributed by atoms with van der Waals surface area (Å²) in [5.41, 5.74) is 6.95. The first kappa shape index (κ1) is 47.3. The molecule has 0 spiro atoms. The summed E-state index contributed by atoms with van der Waals surface area (Å²) in [7, 11) is 0. The van der Waals surface area contributed by atoms with Crippen molar-refractivity contribution in [3.05, 3.63) is 117 Å². The number of fused-ring (bicyclic) bond motifs is 2. The number of rotatable bonds is 15. The average molecular weight is 897 g/mol. The molecule has 0 heterocycles. The highest BCUT2D eigenvalue weighted by Gasteiger charge is 2.30. The molecule has 10 N–H and O–H groups in total. The lowest BCUT2D eigenvalue weighted by atomic mass is 9.83. The number of amides is 4. The number of carbonyl (C=O) groups is 4. The first-order valence-corrected chi connectivity index (χ1v) is 21.2. The summed E-state index contributed by atoms with van der Waals surface area (Å²) in [6.07, 6.45) is 1.86. The number of phenolic OH excluding ortho intramolecular Hbond substituents is 6. The average Bonchev–Trinajstić information content (AvgIpc) is 3.27. The van der Waals surface area contributed by atoms with Gasteiger partial charge in [-0.15, -0.1) is 0 Å². The van der Waals surface area contributed by atoms with E-state index in [2.05, 4.69) is 31.7 Å². The third-order valence-electron chi connectivity index (χ3n) is 11.1. The molecule has 0 unspecified atom stereocenters. The van der Waals surface area contributed by atoms with Crippen molar-refractivity contribution in [2.75, 3.05) is 13.1 Å². The van der Waals surface area contributed by atoms with Crippen LogP contribution in [0.2, 0.25) is 0 Å². The lowest BCUT2D eigenvalue weighted by Gasteiger charge is -2.23. The Morgan fingerprint density at radius 3 is 1.21 bits per heavy atom. The quantitative estimate of drug-likeness (QED) is 0.0279. The van der Waals surface area contributed by atoms with Gasteiger partial charge in [-0.2, -0.15) is 10.2 Å². The van der Waals surface area contributed by atoms with Crippen molar-refractivity contribution in [2.24, 2.45) is 10.2 Å². The second kappa shape index (κ2) is 20.1. The molecular weight excluding hydrogens is 845 g/mol. The number of phenols is 6.